The smallest absolute Gasteiger partial charge is 0.413 e. The molecule has 9 heteroatoms. The van der Waals surface area contributed by atoms with Gasteiger partial charge in [0.25, 0.3) is 0 Å². The standard InChI is InChI=1S/C20H22N4O5/c1-13-19(21-20(25)29-12-14-5-7-15(26-2)8-6-14)22-23-24(13)17-11-16(27-3)9-10-18(17)28-4/h5-11H,12H2,1-4H3,(H,21,25). The third kappa shape index (κ3) is 4.57. The van der Waals surface area contributed by atoms with E-state index in [0.717, 1.165) is 11.3 Å². The first-order valence-electron chi connectivity index (χ1n) is 8.77. The molecule has 0 atom stereocenters. The zero-order chi connectivity index (χ0) is 20.8. The van der Waals surface area contributed by atoms with E-state index in [9.17, 15) is 4.79 Å². The Bertz CT molecular complexity index is 985. The number of rotatable bonds is 7. The predicted molar refractivity (Wildman–Crippen MR) is 106 cm³/mol. The molecular formula is C20H22N4O5. The monoisotopic (exact) mass is 398 g/mol. The summed E-state index contributed by atoms with van der Waals surface area (Å²) in [6, 6.07) is 12.6. The van der Waals surface area contributed by atoms with Gasteiger partial charge in [-0.1, -0.05) is 17.3 Å². The molecule has 152 valence electrons. The number of carbonyl (C=O) groups is 1. The van der Waals surface area contributed by atoms with Gasteiger partial charge in [-0.25, -0.2) is 9.48 Å². The molecular weight excluding hydrogens is 376 g/mol. The van der Waals surface area contributed by atoms with E-state index in [-0.39, 0.29) is 12.4 Å². The van der Waals surface area contributed by atoms with Crippen molar-refractivity contribution >= 4 is 11.9 Å². The molecule has 3 aromatic rings. The number of methoxy groups -OCH3 is 3. The Morgan fingerprint density at radius 2 is 1.69 bits per heavy atom. The van der Waals surface area contributed by atoms with Gasteiger partial charge in [-0.3, -0.25) is 5.32 Å². The normalized spacial score (nSPS) is 10.3. The van der Waals surface area contributed by atoms with E-state index < -0.39 is 6.09 Å². The van der Waals surface area contributed by atoms with Crippen molar-refractivity contribution in [3.05, 3.63) is 53.7 Å². The number of benzene rings is 2. The lowest BCUT2D eigenvalue weighted by molar-refractivity contribution is 0.155. The predicted octanol–water partition coefficient (Wildman–Crippen LogP) is 3.35. The highest BCUT2D eigenvalue weighted by Crippen LogP contribution is 2.29. The van der Waals surface area contributed by atoms with Gasteiger partial charge in [-0.15, -0.1) is 5.10 Å². The summed E-state index contributed by atoms with van der Waals surface area (Å²) in [7, 11) is 4.73. The minimum absolute atomic E-state index is 0.118. The van der Waals surface area contributed by atoms with E-state index in [4.69, 9.17) is 18.9 Å². The number of anilines is 1. The Morgan fingerprint density at radius 1 is 1.00 bits per heavy atom. The van der Waals surface area contributed by atoms with Crippen LogP contribution in [0.3, 0.4) is 0 Å². The Morgan fingerprint density at radius 3 is 2.34 bits per heavy atom. The zero-order valence-electron chi connectivity index (χ0n) is 16.6. The van der Waals surface area contributed by atoms with E-state index >= 15 is 0 Å². The first-order valence-corrected chi connectivity index (χ1v) is 8.77. The van der Waals surface area contributed by atoms with Gasteiger partial charge in [0.2, 0.25) is 0 Å². The largest absolute Gasteiger partial charge is 0.497 e. The van der Waals surface area contributed by atoms with Crippen molar-refractivity contribution in [2.75, 3.05) is 26.6 Å². The number of nitrogens with zero attached hydrogens (tertiary/aromatic N) is 3. The Labute approximate surface area is 168 Å². The van der Waals surface area contributed by atoms with Crippen molar-refractivity contribution in [1.29, 1.82) is 0 Å². The van der Waals surface area contributed by atoms with Crippen LogP contribution in [0.5, 0.6) is 17.2 Å². The summed E-state index contributed by atoms with van der Waals surface area (Å²) in [6.07, 6.45) is -0.631. The average Bonchev–Trinajstić information content (AvgIpc) is 3.11. The average molecular weight is 398 g/mol. The summed E-state index contributed by atoms with van der Waals surface area (Å²) in [6.45, 7) is 1.89. The van der Waals surface area contributed by atoms with E-state index in [1.54, 1.807) is 63.3 Å². The fraction of sp³-hybridized carbons (Fsp3) is 0.250. The molecule has 0 aliphatic rings. The maximum Gasteiger partial charge on any atom is 0.413 e. The van der Waals surface area contributed by atoms with Crippen LogP contribution in [0.4, 0.5) is 10.6 Å². The fourth-order valence-electron chi connectivity index (χ4n) is 2.64. The van der Waals surface area contributed by atoms with Crippen LogP contribution in [-0.4, -0.2) is 42.4 Å². The van der Waals surface area contributed by atoms with Gasteiger partial charge in [0.05, 0.1) is 27.0 Å². The van der Waals surface area contributed by atoms with E-state index in [1.807, 2.05) is 12.1 Å². The molecule has 0 saturated heterocycles. The maximum absolute atomic E-state index is 12.2. The molecule has 0 saturated carbocycles. The Hall–Kier alpha value is -3.75. The van der Waals surface area contributed by atoms with E-state index in [0.29, 0.717) is 22.9 Å². The molecule has 0 aliphatic heterocycles. The minimum atomic E-state index is -0.631. The summed E-state index contributed by atoms with van der Waals surface area (Å²) in [5.74, 6) is 2.25. The molecule has 1 heterocycles. The van der Waals surface area contributed by atoms with Gasteiger partial charge < -0.3 is 18.9 Å². The second-order valence-corrected chi connectivity index (χ2v) is 6.02. The number of hydrogen-bond donors (Lipinski definition) is 1. The van der Waals surface area contributed by atoms with E-state index in [2.05, 4.69) is 15.6 Å². The molecule has 9 nitrogen and oxygen atoms in total. The van der Waals surface area contributed by atoms with Crippen LogP contribution in [0.2, 0.25) is 0 Å². The fourth-order valence-corrected chi connectivity index (χ4v) is 2.64. The highest BCUT2D eigenvalue weighted by Gasteiger charge is 2.17. The summed E-state index contributed by atoms with van der Waals surface area (Å²) >= 11 is 0. The molecule has 0 aliphatic carbocycles. The highest BCUT2D eigenvalue weighted by atomic mass is 16.5. The molecule has 1 N–H and O–H groups in total. The van der Waals surface area contributed by atoms with Crippen molar-refractivity contribution in [2.24, 2.45) is 0 Å². The number of ether oxygens (including phenoxy) is 4. The number of nitrogens with one attached hydrogen (secondary N) is 1. The van der Waals surface area contributed by atoms with E-state index in [1.165, 1.54) is 0 Å². The van der Waals surface area contributed by atoms with Gasteiger partial charge in [-0.2, -0.15) is 0 Å². The van der Waals surface area contributed by atoms with Crippen molar-refractivity contribution in [2.45, 2.75) is 13.5 Å². The van der Waals surface area contributed by atoms with Crippen molar-refractivity contribution in [3.63, 3.8) is 0 Å². The molecule has 0 fully saturated rings. The molecule has 1 aromatic heterocycles. The summed E-state index contributed by atoms with van der Waals surface area (Å²) < 4.78 is 22.5. The molecule has 3 rings (SSSR count). The summed E-state index contributed by atoms with van der Waals surface area (Å²) in [5.41, 5.74) is 2.08. The lowest BCUT2D eigenvalue weighted by Gasteiger charge is -2.11. The summed E-state index contributed by atoms with van der Waals surface area (Å²) in [4.78, 5) is 12.2. The zero-order valence-corrected chi connectivity index (χ0v) is 16.6. The van der Waals surface area contributed by atoms with Crippen molar-refractivity contribution in [1.82, 2.24) is 15.0 Å². The van der Waals surface area contributed by atoms with Crippen LogP contribution >= 0.6 is 0 Å². The first kappa shape index (κ1) is 20.0. The number of aromatic nitrogens is 3. The topological polar surface area (TPSA) is 96.7 Å². The van der Waals surface area contributed by atoms with Crippen LogP contribution < -0.4 is 19.5 Å². The van der Waals surface area contributed by atoms with Crippen LogP contribution in [0.1, 0.15) is 11.3 Å². The second kappa shape index (κ2) is 8.96. The Balaban J connectivity index is 1.70. The molecule has 1 amide bonds. The third-order valence-corrected chi connectivity index (χ3v) is 4.26. The van der Waals surface area contributed by atoms with Gasteiger partial charge in [-0.05, 0) is 36.8 Å². The van der Waals surface area contributed by atoms with Crippen molar-refractivity contribution < 1.29 is 23.7 Å². The van der Waals surface area contributed by atoms with Crippen LogP contribution in [0.15, 0.2) is 42.5 Å². The lowest BCUT2D eigenvalue weighted by Crippen LogP contribution is -2.14. The van der Waals surface area contributed by atoms with Gasteiger partial charge in [0.15, 0.2) is 5.82 Å². The molecule has 2 aromatic carbocycles. The molecule has 0 bridgehead atoms. The SMILES string of the molecule is COc1ccc(COC(=O)Nc2nnn(-c3cc(OC)ccc3OC)c2C)cc1. The quantitative estimate of drug-likeness (QED) is 0.652. The lowest BCUT2D eigenvalue weighted by atomic mass is 10.2. The third-order valence-electron chi connectivity index (χ3n) is 4.26. The minimum Gasteiger partial charge on any atom is -0.497 e. The van der Waals surface area contributed by atoms with Gasteiger partial charge >= 0.3 is 6.09 Å². The number of hydrogen-bond acceptors (Lipinski definition) is 7. The molecule has 0 unspecified atom stereocenters. The highest BCUT2D eigenvalue weighted by molar-refractivity contribution is 5.84. The second-order valence-electron chi connectivity index (χ2n) is 6.02. The van der Waals surface area contributed by atoms with Crippen LogP contribution in [0, 0.1) is 6.92 Å². The summed E-state index contributed by atoms with van der Waals surface area (Å²) in [5, 5.41) is 10.7. The number of carbonyl (C=O) groups excluding carboxylic acids is 1. The van der Waals surface area contributed by atoms with Crippen molar-refractivity contribution in [3.8, 4) is 22.9 Å². The van der Waals surface area contributed by atoms with Gasteiger partial charge in [0.1, 0.15) is 29.5 Å². The number of amides is 1. The van der Waals surface area contributed by atoms with Crippen LogP contribution in [-0.2, 0) is 11.3 Å². The first-order chi connectivity index (χ1) is 14.0. The molecule has 0 radical (unpaired) electrons. The van der Waals surface area contributed by atoms with Gasteiger partial charge in [0, 0.05) is 6.07 Å². The molecule has 0 spiro atoms. The van der Waals surface area contributed by atoms with Crippen LogP contribution in [0.25, 0.3) is 5.69 Å². The maximum atomic E-state index is 12.2. The Kier molecular flexibility index (Phi) is 6.18. The molecule has 29 heavy (non-hydrogen) atoms.